The standard InChI is InChI=1S/C9H17BrN2/c1-8(10)7-12-5-3-2-4-9(12)6-11/h9H,1-7,11H2. The van der Waals surface area contributed by atoms with E-state index in [9.17, 15) is 0 Å². The lowest BCUT2D eigenvalue weighted by atomic mass is 10.0. The van der Waals surface area contributed by atoms with Gasteiger partial charge in [-0.15, -0.1) is 0 Å². The molecular formula is C9H17BrN2. The molecule has 3 heteroatoms. The Kier molecular flexibility index (Phi) is 4.26. The van der Waals surface area contributed by atoms with Crippen LogP contribution in [0.2, 0.25) is 0 Å². The Labute approximate surface area is 82.9 Å². The molecule has 1 saturated heterocycles. The zero-order valence-electron chi connectivity index (χ0n) is 7.43. The van der Waals surface area contributed by atoms with E-state index in [2.05, 4.69) is 27.4 Å². The van der Waals surface area contributed by atoms with Crippen LogP contribution in [0.1, 0.15) is 19.3 Å². The molecule has 0 aromatic rings. The predicted octanol–water partition coefficient (Wildman–Crippen LogP) is 1.71. The monoisotopic (exact) mass is 232 g/mol. The minimum Gasteiger partial charge on any atom is -0.329 e. The number of hydrogen-bond acceptors (Lipinski definition) is 2. The lowest BCUT2D eigenvalue weighted by molar-refractivity contribution is 0.169. The van der Waals surface area contributed by atoms with E-state index in [0.717, 1.165) is 17.6 Å². The van der Waals surface area contributed by atoms with Crippen LogP contribution in [-0.2, 0) is 0 Å². The van der Waals surface area contributed by atoms with Gasteiger partial charge in [-0.25, -0.2) is 0 Å². The number of rotatable bonds is 3. The molecule has 0 aromatic carbocycles. The Bertz CT molecular complexity index is 159. The highest BCUT2D eigenvalue weighted by Crippen LogP contribution is 2.18. The number of hydrogen-bond donors (Lipinski definition) is 1. The smallest absolute Gasteiger partial charge is 0.0297 e. The minimum atomic E-state index is 0.577. The SMILES string of the molecule is C=C(Br)CN1CCCCC1CN. The van der Waals surface area contributed by atoms with E-state index < -0.39 is 0 Å². The van der Waals surface area contributed by atoms with Crippen LogP contribution in [0, 0.1) is 0 Å². The zero-order chi connectivity index (χ0) is 8.97. The van der Waals surface area contributed by atoms with Gasteiger partial charge in [-0.1, -0.05) is 28.9 Å². The van der Waals surface area contributed by atoms with Crippen LogP contribution in [0.3, 0.4) is 0 Å². The first-order valence-electron chi connectivity index (χ1n) is 4.51. The lowest BCUT2D eigenvalue weighted by Gasteiger charge is -2.34. The molecule has 2 N–H and O–H groups in total. The number of likely N-dealkylation sites (tertiary alicyclic amines) is 1. The molecule has 1 fully saturated rings. The van der Waals surface area contributed by atoms with E-state index in [1.807, 2.05) is 0 Å². The maximum absolute atomic E-state index is 5.68. The highest BCUT2D eigenvalue weighted by molar-refractivity contribution is 9.11. The van der Waals surface area contributed by atoms with Crippen LogP contribution in [0.4, 0.5) is 0 Å². The van der Waals surface area contributed by atoms with Crippen molar-refractivity contribution < 1.29 is 0 Å². The van der Waals surface area contributed by atoms with Crippen LogP contribution >= 0.6 is 15.9 Å². The number of piperidine rings is 1. The quantitative estimate of drug-likeness (QED) is 0.804. The maximum Gasteiger partial charge on any atom is 0.0297 e. The third-order valence-corrected chi connectivity index (χ3v) is 2.65. The average Bonchev–Trinajstić information content (AvgIpc) is 2.04. The van der Waals surface area contributed by atoms with Crippen molar-refractivity contribution in [3.63, 3.8) is 0 Å². The molecule has 1 aliphatic heterocycles. The van der Waals surface area contributed by atoms with Gasteiger partial charge in [0.2, 0.25) is 0 Å². The van der Waals surface area contributed by atoms with E-state index >= 15 is 0 Å². The summed E-state index contributed by atoms with van der Waals surface area (Å²) >= 11 is 3.39. The topological polar surface area (TPSA) is 29.3 Å². The molecule has 0 radical (unpaired) electrons. The molecule has 70 valence electrons. The van der Waals surface area contributed by atoms with E-state index in [1.54, 1.807) is 0 Å². The van der Waals surface area contributed by atoms with Gasteiger partial charge >= 0.3 is 0 Å². The van der Waals surface area contributed by atoms with Gasteiger partial charge in [0.15, 0.2) is 0 Å². The van der Waals surface area contributed by atoms with Crippen LogP contribution in [0.5, 0.6) is 0 Å². The summed E-state index contributed by atoms with van der Waals surface area (Å²) in [7, 11) is 0. The van der Waals surface area contributed by atoms with Gasteiger partial charge in [0.1, 0.15) is 0 Å². The summed E-state index contributed by atoms with van der Waals surface area (Å²) < 4.78 is 1.06. The molecule has 2 nitrogen and oxygen atoms in total. The molecule has 1 aliphatic rings. The molecule has 0 aromatic heterocycles. The predicted molar refractivity (Wildman–Crippen MR) is 56.3 cm³/mol. The van der Waals surface area contributed by atoms with Crippen LogP contribution in [-0.4, -0.2) is 30.6 Å². The van der Waals surface area contributed by atoms with Crippen LogP contribution in [0.15, 0.2) is 11.1 Å². The van der Waals surface area contributed by atoms with Crippen LogP contribution in [0.25, 0.3) is 0 Å². The number of halogens is 1. The fourth-order valence-electron chi connectivity index (χ4n) is 1.76. The molecule has 0 amide bonds. The highest BCUT2D eigenvalue weighted by Gasteiger charge is 2.20. The van der Waals surface area contributed by atoms with E-state index in [4.69, 9.17) is 5.73 Å². The summed E-state index contributed by atoms with van der Waals surface area (Å²) in [6.07, 6.45) is 3.88. The van der Waals surface area contributed by atoms with Crippen molar-refractivity contribution in [2.75, 3.05) is 19.6 Å². The second kappa shape index (κ2) is 5.00. The van der Waals surface area contributed by atoms with E-state index in [0.29, 0.717) is 6.04 Å². The van der Waals surface area contributed by atoms with E-state index in [-0.39, 0.29) is 0 Å². The first-order chi connectivity index (χ1) is 5.74. The molecule has 1 heterocycles. The summed E-state index contributed by atoms with van der Waals surface area (Å²) in [6, 6.07) is 0.577. The first kappa shape index (κ1) is 10.2. The zero-order valence-corrected chi connectivity index (χ0v) is 9.02. The summed E-state index contributed by atoms with van der Waals surface area (Å²) in [5, 5.41) is 0. The second-order valence-electron chi connectivity index (χ2n) is 3.37. The summed E-state index contributed by atoms with van der Waals surface area (Å²) in [6.45, 7) is 6.75. The lowest BCUT2D eigenvalue weighted by Crippen LogP contribution is -2.44. The largest absolute Gasteiger partial charge is 0.329 e. The van der Waals surface area contributed by atoms with Crippen LogP contribution < -0.4 is 5.73 Å². The third-order valence-electron chi connectivity index (χ3n) is 2.40. The van der Waals surface area contributed by atoms with Gasteiger partial charge in [0.05, 0.1) is 0 Å². The summed E-state index contributed by atoms with van der Waals surface area (Å²) in [5.41, 5.74) is 5.68. The Morgan fingerprint density at radius 1 is 1.58 bits per heavy atom. The third kappa shape index (κ3) is 2.88. The molecular weight excluding hydrogens is 216 g/mol. The fourth-order valence-corrected chi connectivity index (χ4v) is 2.08. The van der Waals surface area contributed by atoms with Crippen molar-refractivity contribution in [1.82, 2.24) is 4.90 Å². The van der Waals surface area contributed by atoms with Crippen molar-refractivity contribution in [2.24, 2.45) is 5.73 Å². The van der Waals surface area contributed by atoms with Crippen molar-refractivity contribution in [3.05, 3.63) is 11.1 Å². The normalized spacial score (nSPS) is 25.7. The maximum atomic E-state index is 5.68. The van der Waals surface area contributed by atoms with Gasteiger partial charge in [0.25, 0.3) is 0 Å². The molecule has 0 aliphatic carbocycles. The molecule has 1 rings (SSSR count). The van der Waals surface area contributed by atoms with Crippen molar-refractivity contribution in [1.29, 1.82) is 0 Å². The second-order valence-corrected chi connectivity index (χ2v) is 4.49. The molecule has 1 unspecified atom stereocenters. The van der Waals surface area contributed by atoms with E-state index in [1.165, 1.54) is 25.8 Å². The fraction of sp³-hybridized carbons (Fsp3) is 0.778. The van der Waals surface area contributed by atoms with Gasteiger partial charge in [-0.3, -0.25) is 4.90 Å². The van der Waals surface area contributed by atoms with Gasteiger partial charge in [-0.2, -0.15) is 0 Å². The number of nitrogens with zero attached hydrogens (tertiary/aromatic N) is 1. The Morgan fingerprint density at radius 2 is 2.33 bits per heavy atom. The molecule has 0 saturated carbocycles. The molecule has 1 atom stereocenters. The first-order valence-corrected chi connectivity index (χ1v) is 5.30. The molecule has 0 spiro atoms. The highest BCUT2D eigenvalue weighted by atomic mass is 79.9. The average molecular weight is 233 g/mol. The Hall–Kier alpha value is 0.140. The summed E-state index contributed by atoms with van der Waals surface area (Å²) in [5.74, 6) is 0. The van der Waals surface area contributed by atoms with Crippen molar-refractivity contribution >= 4 is 15.9 Å². The summed E-state index contributed by atoms with van der Waals surface area (Å²) in [4.78, 5) is 2.42. The Balaban J connectivity index is 2.41. The Morgan fingerprint density at radius 3 is 2.92 bits per heavy atom. The minimum absolute atomic E-state index is 0.577. The van der Waals surface area contributed by atoms with Gasteiger partial charge in [0, 0.05) is 23.6 Å². The number of nitrogens with two attached hydrogens (primary N) is 1. The van der Waals surface area contributed by atoms with Crippen molar-refractivity contribution in [3.8, 4) is 0 Å². The van der Waals surface area contributed by atoms with Gasteiger partial charge < -0.3 is 5.73 Å². The molecule has 0 bridgehead atoms. The molecule has 12 heavy (non-hydrogen) atoms. The van der Waals surface area contributed by atoms with Gasteiger partial charge in [-0.05, 0) is 19.4 Å². The van der Waals surface area contributed by atoms with Crippen molar-refractivity contribution in [2.45, 2.75) is 25.3 Å².